The van der Waals surface area contributed by atoms with Gasteiger partial charge in [0.15, 0.2) is 0 Å². The minimum Gasteiger partial charge on any atom is -0.481 e. The van der Waals surface area contributed by atoms with E-state index in [1.54, 1.807) is 0 Å². The molecule has 0 aliphatic rings. The summed E-state index contributed by atoms with van der Waals surface area (Å²) in [4.78, 5) is 10.3. The highest BCUT2D eigenvalue weighted by molar-refractivity contribution is 5.66. The van der Waals surface area contributed by atoms with E-state index in [4.69, 9.17) is 5.11 Å². The van der Waals surface area contributed by atoms with E-state index in [9.17, 15) is 4.79 Å². The Morgan fingerprint density at radius 1 is 1.40 bits per heavy atom. The Morgan fingerprint density at radius 2 is 2.13 bits per heavy atom. The highest BCUT2D eigenvalue weighted by Crippen LogP contribution is 2.16. The average molecular weight is 207 g/mol. The lowest BCUT2D eigenvalue weighted by molar-refractivity contribution is -0.137. The van der Waals surface area contributed by atoms with Crippen LogP contribution in [0, 0.1) is 13.8 Å². The number of rotatable bonds is 5. The van der Waals surface area contributed by atoms with Gasteiger partial charge in [0.25, 0.3) is 0 Å². The van der Waals surface area contributed by atoms with Crippen LogP contribution < -0.4 is 5.32 Å². The summed E-state index contributed by atoms with van der Waals surface area (Å²) in [5.74, 6) is -0.738. The monoisotopic (exact) mass is 207 g/mol. The topological polar surface area (TPSA) is 49.3 Å². The van der Waals surface area contributed by atoms with Crippen LogP contribution in [0.3, 0.4) is 0 Å². The summed E-state index contributed by atoms with van der Waals surface area (Å²) in [7, 11) is 0. The summed E-state index contributed by atoms with van der Waals surface area (Å²) in [5, 5.41) is 11.7. The molecule has 1 rings (SSSR count). The number of carboxylic acids is 1. The summed E-state index contributed by atoms with van der Waals surface area (Å²) < 4.78 is 0. The zero-order valence-electron chi connectivity index (χ0n) is 9.21. The molecule has 1 aromatic carbocycles. The fourth-order valence-corrected chi connectivity index (χ4v) is 1.39. The zero-order valence-corrected chi connectivity index (χ0v) is 9.21. The molecule has 0 aliphatic carbocycles. The summed E-state index contributed by atoms with van der Waals surface area (Å²) in [6.45, 7) is 4.79. The SMILES string of the molecule is Cc1ccc(C)c(NCCCC(=O)O)c1. The summed E-state index contributed by atoms with van der Waals surface area (Å²) >= 11 is 0. The Labute approximate surface area is 90.1 Å². The number of aliphatic carboxylic acids is 1. The molecular formula is C12H17NO2. The van der Waals surface area contributed by atoms with Crippen LogP contribution in [0.4, 0.5) is 5.69 Å². The molecule has 0 heterocycles. The van der Waals surface area contributed by atoms with Crippen molar-refractivity contribution in [1.29, 1.82) is 0 Å². The van der Waals surface area contributed by atoms with Crippen molar-refractivity contribution in [1.82, 2.24) is 0 Å². The van der Waals surface area contributed by atoms with Gasteiger partial charge in [0.1, 0.15) is 0 Å². The van der Waals surface area contributed by atoms with E-state index in [-0.39, 0.29) is 6.42 Å². The second kappa shape index (κ2) is 5.39. The first-order chi connectivity index (χ1) is 7.09. The number of anilines is 1. The maximum absolute atomic E-state index is 10.3. The molecule has 0 unspecified atom stereocenters. The van der Waals surface area contributed by atoms with Crippen molar-refractivity contribution in [2.24, 2.45) is 0 Å². The van der Waals surface area contributed by atoms with Crippen LogP contribution in [0.5, 0.6) is 0 Å². The van der Waals surface area contributed by atoms with Crippen molar-refractivity contribution in [2.75, 3.05) is 11.9 Å². The molecule has 3 heteroatoms. The van der Waals surface area contributed by atoms with E-state index >= 15 is 0 Å². The number of hydrogen-bond donors (Lipinski definition) is 2. The van der Waals surface area contributed by atoms with E-state index in [0.29, 0.717) is 13.0 Å². The van der Waals surface area contributed by atoms with Gasteiger partial charge < -0.3 is 10.4 Å². The summed E-state index contributed by atoms with van der Waals surface area (Å²) in [6, 6.07) is 6.21. The molecule has 0 amide bonds. The van der Waals surface area contributed by atoms with Gasteiger partial charge in [-0.3, -0.25) is 4.79 Å². The van der Waals surface area contributed by atoms with Gasteiger partial charge in [-0.15, -0.1) is 0 Å². The van der Waals surface area contributed by atoms with Gasteiger partial charge in [-0.25, -0.2) is 0 Å². The Balaban J connectivity index is 2.43. The molecule has 0 atom stereocenters. The van der Waals surface area contributed by atoms with E-state index in [1.807, 2.05) is 13.8 Å². The van der Waals surface area contributed by atoms with Gasteiger partial charge in [0.2, 0.25) is 0 Å². The van der Waals surface area contributed by atoms with Crippen LogP contribution in [0.15, 0.2) is 18.2 Å². The number of carboxylic acid groups (broad SMARTS) is 1. The van der Waals surface area contributed by atoms with Crippen LogP contribution >= 0.6 is 0 Å². The number of benzene rings is 1. The Bertz CT molecular complexity index is 347. The van der Waals surface area contributed by atoms with Crippen molar-refractivity contribution < 1.29 is 9.90 Å². The average Bonchev–Trinajstić information content (AvgIpc) is 2.17. The molecule has 2 N–H and O–H groups in total. The van der Waals surface area contributed by atoms with Crippen LogP contribution in [0.2, 0.25) is 0 Å². The third kappa shape index (κ3) is 4.02. The largest absolute Gasteiger partial charge is 0.481 e. The molecule has 0 bridgehead atoms. The van der Waals surface area contributed by atoms with Crippen molar-refractivity contribution in [2.45, 2.75) is 26.7 Å². The molecule has 15 heavy (non-hydrogen) atoms. The molecule has 1 aromatic rings. The molecule has 0 fully saturated rings. The number of nitrogens with one attached hydrogen (secondary N) is 1. The number of hydrogen-bond acceptors (Lipinski definition) is 2. The molecule has 82 valence electrons. The molecule has 0 saturated heterocycles. The smallest absolute Gasteiger partial charge is 0.303 e. The van der Waals surface area contributed by atoms with E-state index in [0.717, 1.165) is 5.69 Å². The molecule has 0 aromatic heterocycles. The first-order valence-corrected chi connectivity index (χ1v) is 5.12. The van der Waals surface area contributed by atoms with Crippen molar-refractivity contribution in [3.8, 4) is 0 Å². The standard InChI is InChI=1S/C12H17NO2/c1-9-5-6-10(2)11(8-9)13-7-3-4-12(14)15/h5-6,8,13H,3-4,7H2,1-2H3,(H,14,15). The Morgan fingerprint density at radius 3 is 2.80 bits per heavy atom. The fraction of sp³-hybridized carbons (Fsp3) is 0.417. The minimum absolute atomic E-state index is 0.220. The highest BCUT2D eigenvalue weighted by atomic mass is 16.4. The maximum Gasteiger partial charge on any atom is 0.303 e. The normalized spacial score (nSPS) is 10.0. The molecule has 0 aliphatic heterocycles. The lowest BCUT2D eigenvalue weighted by Crippen LogP contribution is -2.05. The van der Waals surface area contributed by atoms with Crippen molar-refractivity contribution >= 4 is 11.7 Å². The first-order valence-electron chi connectivity index (χ1n) is 5.12. The van der Waals surface area contributed by atoms with Crippen molar-refractivity contribution in [3.05, 3.63) is 29.3 Å². The lowest BCUT2D eigenvalue weighted by Gasteiger charge is -2.09. The summed E-state index contributed by atoms with van der Waals surface area (Å²) in [6.07, 6.45) is 0.876. The maximum atomic E-state index is 10.3. The Kier molecular flexibility index (Phi) is 4.16. The molecular weight excluding hydrogens is 190 g/mol. The third-order valence-electron chi connectivity index (χ3n) is 2.28. The predicted octanol–water partition coefficient (Wildman–Crippen LogP) is 2.58. The number of carbonyl (C=O) groups is 1. The molecule has 0 radical (unpaired) electrons. The molecule has 0 spiro atoms. The van der Waals surface area contributed by atoms with Gasteiger partial charge in [-0.2, -0.15) is 0 Å². The van der Waals surface area contributed by atoms with Crippen LogP contribution in [0.25, 0.3) is 0 Å². The molecule has 0 saturated carbocycles. The zero-order chi connectivity index (χ0) is 11.3. The van der Waals surface area contributed by atoms with E-state index in [2.05, 4.69) is 23.5 Å². The van der Waals surface area contributed by atoms with Crippen LogP contribution in [-0.2, 0) is 4.79 Å². The van der Waals surface area contributed by atoms with Gasteiger partial charge >= 0.3 is 5.97 Å². The van der Waals surface area contributed by atoms with Gasteiger partial charge in [-0.1, -0.05) is 12.1 Å². The Hall–Kier alpha value is -1.51. The van der Waals surface area contributed by atoms with E-state index in [1.165, 1.54) is 11.1 Å². The fourth-order valence-electron chi connectivity index (χ4n) is 1.39. The summed E-state index contributed by atoms with van der Waals surface area (Å²) in [5.41, 5.74) is 3.50. The van der Waals surface area contributed by atoms with Gasteiger partial charge in [0, 0.05) is 18.7 Å². The third-order valence-corrected chi connectivity index (χ3v) is 2.28. The second-order valence-corrected chi connectivity index (χ2v) is 3.74. The van der Waals surface area contributed by atoms with Crippen LogP contribution in [0.1, 0.15) is 24.0 Å². The lowest BCUT2D eigenvalue weighted by atomic mass is 10.1. The quantitative estimate of drug-likeness (QED) is 0.729. The second-order valence-electron chi connectivity index (χ2n) is 3.74. The van der Waals surface area contributed by atoms with E-state index < -0.39 is 5.97 Å². The molecule has 3 nitrogen and oxygen atoms in total. The highest BCUT2D eigenvalue weighted by Gasteiger charge is 1.99. The first kappa shape index (κ1) is 11.6. The predicted molar refractivity (Wildman–Crippen MR) is 61.3 cm³/mol. The minimum atomic E-state index is -0.738. The van der Waals surface area contributed by atoms with Gasteiger partial charge in [0.05, 0.1) is 0 Å². The van der Waals surface area contributed by atoms with Gasteiger partial charge in [-0.05, 0) is 37.5 Å². The number of aryl methyl sites for hydroxylation is 2. The van der Waals surface area contributed by atoms with Crippen molar-refractivity contribution in [3.63, 3.8) is 0 Å². The van der Waals surface area contributed by atoms with Crippen LogP contribution in [-0.4, -0.2) is 17.6 Å².